The highest BCUT2D eigenvalue weighted by Gasteiger charge is 2.05. The molecule has 0 unspecified atom stereocenters. The molecular formula is C7H18N2. The zero-order valence-corrected chi connectivity index (χ0v) is 6.86. The highest BCUT2D eigenvalue weighted by atomic mass is 15.0. The molecule has 0 radical (unpaired) electrons. The summed E-state index contributed by atoms with van der Waals surface area (Å²) < 4.78 is 0. The Kier molecular flexibility index (Phi) is 4.72. The Bertz CT molecular complexity index is 63.9. The van der Waals surface area contributed by atoms with Crippen LogP contribution in [0.5, 0.6) is 0 Å². The third-order valence-electron chi connectivity index (χ3n) is 1.73. The molecule has 2 heteroatoms. The van der Waals surface area contributed by atoms with Crippen molar-refractivity contribution in [3.8, 4) is 0 Å². The first-order chi connectivity index (χ1) is 4.22. The minimum Gasteiger partial charge on any atom is -0.316 e. The van der Waals surface area contributed by atoms with Gasteiger partial charge in [0, 0.05) is 12.1 Å². The molecule has 0 bridgehead atoms. The SMILES string of the molecule is CCN[C@@H](C)[C@H](C)NC. The van der Waals surface area contributed by atoms with Crippen LogP contribution < -0.4 is 10.6 Å². The maximum absolute atomic E-state index is 3.33. The fourth-order valence-corrected chi connectivity index (χ4v) is 0.749. The molecule has 9 heavy (non-hydrogen) atoms. The number of hydrogen-bond donors (Lipinski definition) is 2. The third kappa shape index (κ3) is 3.49. The molecule has 0 aromatic carbocycles. The zero-order valence-electron chi connectivity index (χ0n) is 6.86. The van der Waals surface area contributed by atoms with Gasteiger partial charge in [0.05, 0.1) is 0 Å². The van der Waals surface area contributed by atoms with Crippen molar-refractivity contribution in [1.82, 2.24) is 10.6 Å². The molecule has 2 atom stereocenters. The molecule has 0 aliphatic carbocycles. The molecular weight excluding hydrogens is 112 g/mol. The lowest BCUT2D eigenvalue weighted by molar-refractivity contribution is 0.441. The van der Waals surface area contributed by atoms with Crippen molar-refractivity contribution in [3.05, 3.63) is 0 Å². The summed E-state index contributed by atoms with van der Waals surface area (Å²) in [5.74, 6) is 0. The van der Waals surface area contributed by atoms with Gasteiger partial charge in [0.2, 0.25) is 0 Å². The van der Waals surface area contributed by atoms with Gasteiger partial charge in [-0.2, -0.15) is 0 Å². The van der Waals surface area contributed by atoms with Crippen molar-refractivity contribution >= 4 is 0 Å². The van der Waals surface area contributed by atoms with E-state index in [1.54, 1.807) is 0 Å². The van der Waals surface area contributed by atoms with Crippen LogP contribution in [-0.2, 0) is 0 Å². The van der Waals surface area contributed by atoms with Crippen LogP contribution in [0.1, 0.15) is 20.8 Å². The van der Waals surface area contributed by atoms with E-state index in [-0.39, 0.29) is 0 Å². The minimum absolute atomic E-state index is 0.560. The van der Waals surface area contributed by atoms with Crippen LogP contribution in [0.15, 0.2) is 0 Å². The van der Waals surface area contributed by atoms with E-state index >= 15 is 0 Å². The maximum Gasteiger partial charge on any atom is 0.0189 e. The van der Waals surface area contributed by atoms with Gasteiger partial charge in [-0.3, -0.25) is 0 Å². The van der Waals surface area contributed by atoms with Gasteiger partial charge in [-0.1, -0.05) is 6.92 Å². The fraction of sp³-hybridized carbons (Fsp3) is 1.00. The second-order valence-electron chi connectivity index (χ2n) is 2.42. The first-order valence-corrected chi connectivity index (χ1v) is 3.63. The van der Waals surface area contributed by atoms with Crippen LogP contribution in [-0.4, -0.2) is 25.7 Å². The molecule has 56 valence electrons. The average molecular weight is 130 g/mol. The Hall–Kier alpha value is -0.0800. The molecule has 0 aliphatic heterocycles. The van der Waals surface area contributed by atoms with Crippen molar-refractivity contribution < 1.29 is 0 Å². The second kappa shape index (κ2) is 4.77. The lowest BCUT2D eigenvalue weighted by Gasteiger charge is -2.19. The Labute approximate surface area is 58.0 Å². The van der Waals surface area contributed by atoms with E-state index in [1.807, 2.05) is 7.05 Å². The van der Waals surface area contributed by atoms with E-state index in [4.69, 9.17) is 0 Å². The summed E-state index contributed by atoms with van der Waals surface area (Å²) in [6.07, 6.45) is 0. The van der Waals surface area contributed by atoms with Crippen molar-refractivity contribution in [3.63, 3.8) is 0 Å². The van der Waals surface area contributed by atoms with E-state index < -0.39 is 0 Å². The summed E-state index contributed by atoms with van der Waals surface area (Å²) in [5, 5.41) is 6.52. The molecule has 0 rings (SSSR count). The second-order valence-corrected chi connectivity index (χ2v) is 2.42. The standard InChI is InChI=1S/C7H18N2/c1-5-9-7(3)6(2)8-4/h6-9H,5H2,1-4H3/t6-,7-/m0/s1. The molecule has 0 spiro atoms. The number of nitrogens with one attached hydrogen (secondary N) is 2. The molecule has 2 N–H and O–H groups in total. The van der Waals surface area contributed by atoms with Gasteiger partial charge in [0.25, 0.3) is 0 Å². The summed E-state index contributed by atoms with van der Waals surface area (Å²) in [6.45, 7) is 7.53. The van der Waals surface area contributed by atoms with Gasteiger partial charge in [-0.05, 0) is 27.4 Å². The predicted molar refractivity (Wildman–Crippen MR) is 41.7 cm³/mol. The zero-order chi connectivity index (χ0) is 7.28. The average Bonchev–Trinajstić information content (AvgIpc) is 1.87. The highest BCUT2D eigenvalue weighted by molar-refractivity contribution is 4.71. The van der Waals surface area contributed by atoms with Gasteiger partial charge in [0.1, 0.15) is 0 Å². The molecule has 0 heterocycles. The Morgan fingerprint density at radius 2 is 1.78 bits per heavy atom. The Balaban J connectivity index is 3.32. The van der Waals surface area contributed by atoms with Gasteiger partial charge in [-0.25, -0.2) is 0 Å². The van der Waals surface area contributed by atoms with E-state index in [2.05, 4.69) is 31.4 Å². The monoisotopic (exact) mass is 130 g/mol. The van der Waals surface area contributed by atoms with Crippen LogP contribution in [0.4, 0.5) is 0 Å². The molecule has 0 aliphatic rings. The Morgan fingerprint density at radius 3 is 2.11 bits per heavy atom. The summed E-state index contributed by atoms with van der Waals surface area (Å²) in [6, 6.07) is 1.13. The number of rotatable bonds is 4. The van der Waals surface area contributed by atoms with Crippen LogP contribution in [0, 0.1) is 0 Å². The maximum atomic E-state index is 3.33. The van der Waals surface area contributed by atoms with Gasteiger partial charge in [-0.15, -0.1) is 0 Å². The minimum atomic E-state index is 0.560. The Morgan fingerprint density at radius 1 is 1.22 bits per heavy atom. The summed E-state index contributed by atoms with van der Waals surface area (Å²) in [4.78, 5) is 0. The molecule has 0 saturated carbocycles. The summed E-state index contributed by atoms with van der Waals surface area (Å²) in [7, 11) is 1.98. The first-order valence-electron chi connectivity index (χ1n) is 3.63. The normalized spacial score (nSPS) is 17.3. The van der Waals surface area contributed by atoms with Crippen LogP contribution in [0.3, 0.4) is 0 Å². The van der Waals surface area contributed by atoms with Crippen molar-refractivity contribution in [2.75, 3.05) is 13.6 Å². The lowest BCUT2D eigenvalue weighted by Crippen LogP contribution is -2.42. The number of hydrogen-bond acceptors (Lipinski definition) is 2. The van der Waals surface area contributed by atoms with E-state index in [9.17, 15) is 0 Å². The molecule has 0 aromatic heterocycles. The predicted octanol–water partition coefficient (Wildman–Crippen LogP) is 0.592. The quantitative estimate of drug-likeness (QED) is 0.582. The van der Waals surface area contributed by atoms with Crippen LogP contribution >= 0.6 is 0 Å². The number of likely N-dealkylation sites (N-methyl/N-ethyl adjacent to an activating group) is 2. The fourth-order valence-electron chi connectivity index (χ4n) is 0.749. The van der Waals surface area contributed by atoms with Crippen molar-refractivity contribution in [1.29, 1.82) is 0 Å². The van der Waals surface area contributed by atoms with Gasteiger partial charge in [0.15, 0.2) is 0 Å². The molecule has 2 nitrogen and oxygen atoms in total. The highest BCUT2D eigenvalue weighted by Crippen LogP contribution is 1.88. The van der Waals surface area contributed by atoms with Crippen LogP contribution in [0.25, 0.3) is 0 Å². The lowest BCUT2D eigenvalue weighted by atomic mass is 10.2. The summed E-state index contributed by atoms with van der Waals surface area (Å²) in [5.41, 5.74) is 0. The van der Waals surface area contributed by atoms with E-state index in [0.29, 0.717) is 12.1 Å². The van der Waals surface area contributed by atoms with Gasteiger partial charge < -0.3 is 10.6 Å². The van der Waals surface area contributed by atoms with E-state index in [0.717, 1.165) is 6.54 Å². The van der Waals surface area contributed by atoms with Crippen molar-refractivity contribution in [2.45, 2.75) is 32.9 Å². The first kappa shape index (κ1) is 8.92. The molecule has 0 fully saturated rings. The smallest absolute Gasteiger partial charge is 0.0189 e. The molecule has 0 aromatic rings. The van der Waals surface area contributed by atoms with E-state index in [1.165, 1.54) is 0 Å². The van der Waals surface area contributed by atoms with Gasteiger partial charge >= 0.3 is 0 Å². The third-order valence-corrected chi connectivity index (χ3v) is 1.73. The van der Waals surface area contributed by atoms with Crippen LogP contribution in [0.2, 0.25) is 0 Å². The van der Waals surface area contributed by atoms with Crippen molar-refractivity contribution in [2.24, 2.45) is 0 Å². The summed E-state index contributed by atoms with van der Waals surface area (Å²) >= 11 is 0. The molecule has 0 saturated heterocycles. The topological polar surface area (TPSA) is 24.1 Å². The molecule has 0 amide bonds. The largest absolute Gasteiger partial charge is 0.316 e.